The first-order chi connectivity index (χ1) is 16.2. The number of hydrogen-bond acceptors (Lipinski definition) is 4. The van der Waals surface area contributed by atoms with E-state index in [0.717, 1.165) is 47.5 Å². The Morgan fingerprint density at radius 2 is 1.68 bits per heavy atom. The first kappa shape index (κ1) is 25.2. The molecule has 2 amide bonds. The van der Waals surface area contributed by atoms with Crippen LogP contribution in [-0.4, -0.2) is 25.9 Å². The van der Waals surface area contributed by atoms with Gasteiger partial charge >= 0.3 is 16.1 Å². The molecule has 0 radical (unpaired) electrons. The molecule has 0 fully saturated rings. The van der Waals surface area contributed by atoms with Crippen molar-refractivity contribution in [2.45, 2.75) is 38.6 Å². The summed E-state index contributed by atoms with van der Waals surface area (Å²) in [5.41, 5.74) is 2.71. The smallest absolute Gasteiger partial charge is 0.339 e. The van der Waals surface area contributed by atoms with E-state index in [9.17, 15) is 17.6 Å². The van der Waals surface area contributed by atoms with Crippen LogP contribution in [-0.2, 0) is 23.1 Å². The summed E-state index contributed by atoms with van der Waals surface area (Å²) < 4.78 is 43.0. The molecule has 0 heterocycles. The predicted molar refractivity (Wildman–Crippen MR) is 131 cm³/mol. The number of anilines is 1. The van der Waals surface area contributed by atoms with Crippen LogP contribution in [0, 0.1) is 11.7 Å². The summed E-state index contributed by atoms with van der Waals surface area (Å²) >= 11 is 0. The number of carbonyl (C=O) groups excluding carboxylic acids is 1. The van der Waals surface area contributed by atoms with Crippen LogP contribution in [0.1, 0.15) is 31.9 Å². The fourth-order valence-electron chi connectivity index (χ4n) is 3.38. The molecule has 180 valence electrons. The van der Waals surface area contributed by atoms with Crippen LogP contribution in [0.25, 0.3) is 0 Å². The number of amides is 2. The number of hydrogen-bond donors (Lipinski definition) is 1. The number of nitrogens with zero attached hydrogens (tertiary/aromatic N) is 1. The molecule has 0 atom stereocenters. The maximum absolute atomic E-state index is 13.1. The van der Waals surface area contributed by atoms with E-state index in [1.165, 1.54) is 12.1 Å². The first-order valence-corrected chi connectivity index (χ1v) is 12.5. The minimum absolute atomic E-state index is 0.129. The van der Waals surface area contributed by atoms with Crippen molar-refractivity contribution in [1.29, 1.82) is 0 Å². The minimum atomic E-state index is -4.08. The lowest BCUT2D eigenvalue weighted by molar-refractivity contribution is 0.201. The maximum atomic E-state index is 13.1. The molecule has 0 aromatic heterocycles. The summed E-state index contributed by atoms with van der Waals surface area (Å²) in [7, 11) is -4.08. The summed E-state index contributed by atoms with van der Waals surface area (Å²) in [5.74, 6) is -0.142. The van der Waals surface area contributed by atoms with Gasteiger partial charge in [0.2, 0.25) is 0 Å². The third-order valence-corrected chi connectivity index (χ3v) is 6.33. The van der Waals surface area contributed by atoms with E-state index in [0.29, 0.717) is 13.1 Å². The second-order valence-corrected chi connectivity index (χ2v) is 9.94. The maximum Gasteiger partial charge on any atom is 0.339 e. The van der Waals surface area contributed by atoms with Gasteiger partial charge in [-0.05, 0) is 72.0 Å². The molecule has 0 aliphatic carbocycles. The highest BCUT2D eigenvalue weighted by atomic mass is 32.2. The van der Waals surface area contributed by atoms with Gasteiger partial charge in [0, 0.05) is 18.8 Å². The largest absolute Gasteiger partial charge is 0.379 e. The zero-order valence-electron chi connectivity index (χ0n) is 19.5. The van der Waals surface area contributed by atoms with Crippen LogP contribution in [0.15, 0.2) is 77.7 Å². The van der Waals surface area contributed by atoms with Gasteiger partial charge in [-0.25, -0.2) is 9.18 Å². The highest BCUT2D eigenvalue weighted by molar-refractivity contribution is 7.87. The van der Waals surface area contributed by atoms with E-state index in [2.05, 4.69) is 12.2 Å². The van der Waals surface area contributed by atoms with Gasteiger partial charge < -0.3 is 14.4 Å². The summed E-state index contributed by atoms with van der Waals surface area (Å²) in [4.78, 5) is 14.6. The van der Waals surface area contributed by atoms with E-state index >= 15 is 0 Å². The second-order valence-electron chi connectivity index (χ2n) is 8.39. The monoisotopic (exact) mass is 484 g/mol. The molecule has 0 saturated heterocycles. The summed E-state index contributed by atoms with van der Waals surface area (Å²) in [6.45, 7) is 7.04. The Morgan fingerprint density at radius 1 is 1.00 bits per heavy atom. The van der Waals surface area contributed by atoms with Gasteiger partial charge in [-0.2, -0.15) is 8.42 Å². The van der Waals surface area contributed by atoms with Crippen molar-refractivity contribution in [3.05, 3.63) is 89.7 Å². The number of urea groups is 1. The number of nitrogens with one attached hydrogen (secondary N) is 1. The van der Waals surface area contributed by atoms with Gasteiger partial charge in [0.1, 0.15) is 16.5 Å². The Balaban J connectivity index is 1.69. The average Bonchev–Trinajstić information content (AvgIpc) is 2.80. The lowest BCUT2D eigenvalue weighted by Crippen LogP contribution is -2.37. The molecule has 3 aromatic rings. The summed E-state index contributed by atoms with van der Waals surface area (Å²) in [6, 6.07) is 18.5. The van der Waals surface area contributed by atoms with Crippen molar-refractivity contribution in [1.82, 2.24) is 4.90 Å². The molecule has 3 rings (SSSR count). The highest BCUT2D eigenvalue weighted by Crippen LogP contribution is 2.21. The van der Waals surface area contributed by atoms with Crippen molar-refractivity contribution in [3.63, 3.8) is 0 Å². The third-order valence-electron chi connectivity index (χ3n) is 5.06. The zero-order valence-corrected chi connectivity index (χ0v) is 20.3. The molecular formula is C26H29FN2O4S. The van der Waals surface area contributed by atoms with Crippen molar-refractivity contribution < 1.29 is 21.8 Å². The van der Waals surface area contributed by atoms with Crippen molar-refractivity contribution in [2.75, 3.05) is 11.9 Å². The first-order valence-electron chi connectivity index (χ1n) is 11.1. The predicted octanol–water partition coefficient (Wildman–Crippen LogP) is 5.85. The average molecular weight is 485 g/mol. The molecule has 1 N–H and O–H groups in total. The second kappa shape index (κ2) is 11.2. The number of aryl methyl sites for hydroxylation is 1. The van der Waals surface area contributed by atoms with E-state index in [1.807, 2.05) is 38.1 Å². The molecule has 0 aliphatic heterocycles. The van der Waals surface area contributed by atoms with Gasteiger partial charge in [-0.15, -0.1) is 0 Å². The van der Waals surface area contributed by atoms with Crippen LogP contribution >= 0.6 is 0 Å². The Bertz CT molecular complexity index is 1210. The van der Waals surface area contributed by atoms with E-state index in [-0.39, 0.29) is 22.6 Å². The third kappa shape index (κ3) is 7.05. The normalized spacial score (nSPS) is 11.3. The van der Waals surface area contributed by atoms with Crippen LogP contribution in [0.4, 0.5) is 14.9 Å². The molecule has 0 bridgehead atoms. The fourth-order valence-corrected chi connectivity index (χ4v) is 4.31. The highest BCUT2D eigenvalue weighted by Gasteiger charge is 2.18. The lowest BCUT2D eigenvalue weighted by Gasteiger charge is -2.25. The van der Waals surface area contributed by atoms with E-state index < -0.39 is 15.9 Å². The van der Waals surface area contributed by atoms with Crippen LogP contribution < -0.4 is 9.50 Å². The quantitative estimate of drug-likeness (QED) is 0.387. The molecule has 0 unspecified atom stereocenters. The Labute approximate surface area is 200 Å². The minimum Gasteiger partial charge on any atom is -0.379 e. The SMILES string of the molecule is CCc1cccc(NC(=O)N(Cc2ccc(OS(=O)(=O)c3ccc(F)cc3)cc2)CC(C)C)c1. The summed E-state index contributed by atoms with van der Waals surface area (Å²) in [5, 5.41) is 2.96. The lowest BCUT2D eigenvalue weighted by atomic mass is 10.1. The van der Waals surface area contributed by atoms with Crippen LogP contribution in [0.5, 0.6) is 5.75 Å². The van der Waals surface area contributed by atoms with Crippen molar-refractivity contribution in [2.24, 2.45) is 5.92 Å². The Kier molecular flexibility index (Phi) is 8.28. The van der Waals surface area contributed by atoms with Crippen molar-refractivity contribution in [3.8, 4) is 5.75 Å². The van der Waals surface area contributed by atoms with E-state index in [1.54, 1.807) is 17.0 Å². The number of halogens is 1. The zero-order chi connectivity index (χ0) is 24.7. The van der Waals surface area contributed by atoms with Crippen LogP contribution in [0.2, 0.25) is 0 Å². The Morgan fingerprint density at radius 3 is 2.29 bits per heavy atom. The molecule has 3 aromatic carbocycles. The molecule has 0 saturated carbocycles. The van der Waals surface area contributed by atoms with Gasteiger partial charge in [0.15, 0.2) is 0 Å². The topological polar surface area (TPSA) is 75.7 Å². The number of benzene rings is 3. The molecular weight excluding hydrogens is 455 g/mol. The molecule has 0 spiro atoms. The van der Waals surface area contributed by atoms with Gasteiger partial charge in [0.25, 0.3) is 0 Å². The molecule has 6 nitrogen and oxygen atoms in total. The fraction of sp³-hybridized carbons (Fsp3) is 0.269. The molecule has 34 heavy (non-hydrogen) atoms. The number of rotatable bonds is 9. The van der Waals surface area contributed by atoms with Crippen LogP contribution in [0.3, 0.4) is 0 Å². The van der Waals surface area contributed by atoms with Crippen molar-refractivity contribution >= 4 is 21.8 Å². The van der Waals surface area contributed by atoms with Gasteiger partial charge in [-0.3, -0.25) is 0 Å². The standard InChI is InChI=1S/C26H29FN2O4S/c1-4-20-6-5-7-23(16-20)28-26(30)29(17-19(2)3)18-21-8-12-24(13-9-21)33-34(31,32)25-14-10-22(27)11-15-25/h5-16,19H,4,17-18H2,1-3H3,(H,28,30). The molecule has 0 aliphatic rings. The van der Waals surface area contributed by atoms with Gasteiger partial charge in [0.05, 0.1) is 0 Å². The molecule has 8 heteroatoms. The van der Waals surface area contributed by atoms with E-state index in [4.69, 9.17) is 4.18 Å². The summed E-state index contributed by atoms with van der Waals surface area (Å²) in [6.07, 6.45) is 0.880. The Hall–Kier alpha value is -3.39. The van der Waals surface area contributed by atoms with Gasteiger partial charge in [-0.1, -0.05) is 45.0 Å². The number of carbonyl (C=O) groups is 1.